The van der Waals surface area contributed by atoms with Gasteiger partial charge in [0.05, 0.1) is 0 Å². The molecule has 0 amide bonds. The van der Waals surface area contributed by atoms with Crippen LogP contribution in [0.25, 0.3) is 0 Å². The van der Waals surface area contributed by atoms with E-state index < -0.39 is 0 Å². The second kappa shape index (κ2) is 45.7. The van der Waals surface area contributed by atoms with Gasteiger partial charge in [-0.1, -0.05) is 0 Å². The van der Waals surface area contributed by atoms with Gasteiger partial charge < -0.3 is 5.48 Å². The molecule has 4 heavy (non-hydrogen) atoms. The third-order valence-electron chi connectivity index (χ3n) is 0. The SMILES string of the molecule is [BeH+].[OH-].[O]=[Zr]. The van der Waals surface area contributed by atoms with Gasteiger partial charge in [-0.3, -0.25) is 0 Å². The van der Waals surface area contributed by atoms with Gasteiger partial charge in [-0.25, -0.2) is 0 Å². The van der Waals surface area contributed by atoms with Gasteiger partial charge in [0.15, 0.2) is 0 Å². The molecule has 0 atom stereocenters. The molecule has 0 radical (unpaired) electrons. The van der Waals surface area contributed by atoms with Crippen molar-refractivity contribution in [1.82, 2.24) is 0 Å². The molecule has 0 aliphatic carbocycles. The van der Waals surface area contributed by atoms with E-state index in [4.69, 9.17) is 2.81 Å². The molecule has 0 bridgehead atoms. The number of hydrogen-bond acceptors (Lipinski definition) is 2. The van der Waals surface area contributed by atoms with Crippen LogP contribution >= 0.6 is 0 Å². The molecular formula is H2BeO2Zr. The summed E-state index contributed by atoms with van der Waals surface area (Å²) in [6, 6.07) is 0. The van der Waals surface area contributed by atoms with E-state index in [1.54, 1.807) is 0 Å². The summed E-state index contributed by atoms with van der Waals surface area (Å²) >= 11 is 0.300. The zero-order chi connectivity index (χ0) is 2.00. The topological polar surface area (TPSA) is 47.1 Å². The predicted molar refractivity (Wildman–Crippen MR) is 9.77 cm³/mol. The molecule has 0 aromatic carbocycles. The van der Waals surface area contributed by atoms with Crippen molar-refractivity contribution in [3.8, 4) is 0 Å². The standard InChI is InChI=1S/Be.H2O.O.Zr.H/h;1H2;;;/q+1;;;;/p-1. The van der Waals surface area contributed by atoms with Crippen molar-refractivity contribution in [3.05, 3.63) is 0 Å². The maximum absolute atomic E-state index is 8.34. The van der Waals surface area contributed by atoms with Crippen LogP contribution in [0.2, 0.25) is 0 Å². The summed E-state index contributed by atoms with van der Waals surface area (Å²) in [5, 5.41) is 0. The zero-order valence-corrected chi connectivity index (χ0v) is 4.81. The van der Waals surface area contributed by atoms with Crippen LogP contribution in [0.4, 0.5) is 0 Å². The Balaban J connectivity index is -0.00000000500. The Labute approximate surface area is 43.4 Å². The summed E-state index contributed by atoms with van der Waals surface area (Å²) in [4.78, 5) is 0. The molecule has 0 fully saturated rings. The van der Waals surface area contributed by atoms with E-state index in [-0.39, 0.29) is 15.6 Å². The molecule has 1 N–H and O–H groups in total. The van der Waals surface area contributed by atoms with Gasteiger partial charge in [0.1, 0.15) is 0 Å². The molecule has 2 nitrogen and oxygen atoms in total. The van der Waals surface area contributed by atoms with Crippen molar-refractivity contribution >= 4 is 10.1 Å². The second-order valence-corrected chi connectivity index (χ2v) is 0. The molecule has 20 valence electrons. The first-order chi connectivity index (χ1) is 1.00. The van der Waals surface area contributed by atoms with Crippen LogP contribution in [-0.4, -0.2) is 15.6 Å². The molecule has 4 heteroatoms. The fraction of sp³-hybridized carbons (Fsp3) is 0. The summed E-state index contributed by atoms with van der Waals surface area (Å²) in [7, 11) is 0. The minimum absolute atomic E-state index is 0. The van der Waals surface area contributed by atoms with Gasteiger partial charge in [0, 0.05) is 0 Å². The normalized spacial score (nSPS) is 0.750. The first-order valence-electron chi connectivity index (χ1n) is 0.204. The van der Waals surface area contributed by atoms with Crippen LogP contribution in [-0.2, 0) is 27.5 Å². The van der Waals surface area contributed by atoms with Crippen molar-refractivity contribution in [2.75, 3.05) is 0 Å². The molecule has 0 saturated carbocycles. The molecule has 0 aromatic rings. The Bertz CT molecular complexity index is 6.00. The second-order valence-electron chi connectivity index (χ2n) is 0. The first kappa shape index (κ1) is 21.3. The van der Waals surface area contributed by atoms with E-state index in [0.717, 1.165) is 0 Å². The van der Waals surface area contributed by atoms with Gasteiger partial charge in [-0.05, 0) is 0 Å². The summed E-state index contributed by atoms with van der Waals surface area (Å²) in [6.45, 7) is 0. The molecule has 0 saturated heterocycles. The molecule has 0 spiro atoms. The zero-order valence-electron chi connectivity index (χ0n) is 2.36. The summed E-state index contributed by atoms with van der Waals surface area (Å²) in [5.41, 5.74) is 0. The third kappa shape index (κ3) is 14.0. The Morgan fingerprint density at radius 1 is 1.25 bits per heavy atom. The summed E-state index contributed by atoms with van der Waals surface area (Å²) in [5.74, 6) is 0. The van der Waals surface area contributed by atoms with Gasteiger partial charge in [-0.15, -0.1) is 0 Å². The van der Waals surface area contributed by atoms with Crippen LogP contribution in [0.1, 0.15) is 0 Å². The summed E-state index contributed by atoms with van der Waals surface area (Å²) < 4.78 is 8.34. The molecule has 0 rings (SSSR count). The molecular weight excluding hydrogens is 132 g/mol. The fourth-order valence-electron chi connectivity index (χ4n) is 0. The van der Waals surface area contributed by atoms with Crippen molar-refractivity contribution in [3.63, 3.8) is 0 Å². The Hall–Kier alpha value is 0.812. The van der Waals surface area contributed by atoms with Gasteiger partial charge >= 0.3 is 37.7 Å². The summed E-state index contributed by atoms with van der Waals surface area (Å²) in [6.07, 6.45) is 0. The Morgan fingerprint density at radius 3 is 1.25 bits per heavy atom. The molecule has 0 unspecified atom stereocenters. The van der Waals surface area contributed by atoms with Crippen LogP contribution in [0, 0.1) is 0 Å². The Kier molecular flexibility index (Phi) is 243. The average molecular weight is 134 g/mol. The quantitative estimate of drug-likeness (QED) is 0.401. The van der Waals surface area contributed by atoms with Gasteiger partial charge in [0.25, 0.3) is 0 Å². The maximum atomic E-state index is 8.34. The molecule has 0 aromatic heterocycles. The molecule has 0 aliphatic rings. The van der Waals surface area contributed by atoms with Crippen LogP contribution in [0.3, 0.4) is 0 Å². The van der Waals surface area contributed by atoms with Crippen molar-refractivity contribution in [2.45, 2.75) is 0 Å². The van der Waals surface area contributed by atoms with Gasteiger partial charge in [0.2, 0.25) is 0 Å². The minimum atomic E-state index is 0. The predicted octanol–water partition coefficient (Wildman–Crippen LogP) is -0.947. The van der Waals surface area contributed by atoms with E-state index in [2.05, 4.69) is 0 Å². The van der Waals surface area contributed by atoms with E-state index in [9.17, 15) is 0 Å². The number of rotatable bonds is 0. The Morgan fingerprint density at radius 2 is 1.25 bits per heavy atom. The van der Waals surface area contributed by atoms with Crippen LogP contribution < -0.4 is 0 Å². The van der Waals surface area contributed by atoms with E-state index in [0.29, 0.717) is 24.7 Å². The van der Waals surface area contributed by atoms with Crippen molar-refractivity contribution < 1.29 is 33.0 Å². The average Bonchev–Trinajstić information content (AvgIpc) is 1.00. The number of hydrogen-bond donors (Lipinski definition) is 0. The van der Waals surface area contributed by atoms with Crippen molar-refractivity contribution in [1.29, 1.82) is 0 Å². The monoisotopic (exact) mass is 133 g/mol. The molecule has 0 heterocycles. The van der Waals surface area contributed by atoms with Crippen LogP contribution in [0.15, 0.2) is 0 Å². The van der Waals surface area contributed by atoms with Gasteiger partial charge in [-0.2, -0.15) is 0 Å². The third-order valence-corrected chi connectivity index (χ3v) is 0. The van der Waals surface area contributed by atoms with Crippen LogP contribution in [0.5, 0.6) is 0 Å². The van der Waals surface area contributed by atoms with E-state index >= 15 is 0 Å². The fourth-order valence-corrected chi connectivity index (χ4v) is 0. The first-order valence-corrected chi connectivity index (χ1v) is 1.21. The molecule has 0 aliphatic heterocycles. The van der Waals surface area contributed by atoms with Crippen molar-refractivity contribution in [2.24, 2.45) is 0 Å². The van der Waals surface area contributed by atoms with E-state index in [1.165, 1.54) is 0 Å². The van der Waals surface area contributed by atoms with E-state index in [1.807, 2.05) is 0 Å².